The van der Waals surface area contributed by atoms with Crippen LogP contribution >= 0.6 is 11.8 Å². The van der Waals surface area contributed by atoms with Gasteiger partial charge in [-0.05, 0) is 37.1 Å². The van der Waals surface area contributed by atoms with Crippen LogP contribution in [0, 0.1) is 0 Å². The van der Waals surface area contributed by atoms with Gasteiger partial charge >= 0.3 is 0 Å². The predicted molar refractivity (Wildman–Crippen MR) is 86.2 cm³/mol. The molecule has 21 heavy (non-hydrogen) atoms. The van der Waals surface area contributed by atoms with Gasteiger partial charge in [0.2, 0.25) is 5.91 Å². The molecule has 2 rings (SSSR count). The van der Waals surface area contributed by atoms with E-state index in [0.717, 1.165) is 43.8 Å². The largest absolute Gasteiger partial charge is 0.370 e. The lowest BCUT2D eigenvalue weighted by atomic mass is 10.1. The summed E-state index contributed by atoms with van der Waals surface area (Å²) in [6, 6.07) is 5.83. The van der Waals surface area contributed by atoms with Crippen molar-refractivity contribution in [2.24, 2.45) is 0 Å². The topological polar surface area (TPSA) is 42.4 Å². The molecule has 0 spiro atoms. The van der Waals surface area contributed by atoms with Gasteiger partial charge in [0.15, 0.2) is 0 Å². The Labute approximate surface area is 131 Å². The Morgan fingerprint density at radius 3 is 3.19 bits per heavy atom. The fourth-order valence-corrected chi connectivity index (χ4v) is 3.17. The maximum Gasteiger partial charge on any atom is 0.232 e. The highest BCUT2D eigenvalue weighted by Crippen LogP contribution is 2.16. The van der Waals surface area contributed by atoms with Crippen LogP contribution in [0.2, 0.25) is 0 Å². The van der Waals surface area contributed by atoms with Crippen molar-refractivity contribution in [2.45, 2.75) is 38.9 Å². The smallest absolute Gasteiger partial charge is 0.232 e. The van der Waals surface area contributed by atoms with Crippen molar-refractivity contribution < 1.29 is 9.53 Å². The number of pyridine rings is 1. The van der Waals surface area contributed by atoms with Crippen LogP contribution < -0.4 is 0 Å². The number of thioether (sulfide) groups is 1. The first-order valence-corrected chi connectivity index (χ1v) is 8.82. The van der Waals surface area contributed by atoms with Gasteiger partial charge < -0.3 is 9.64 Å². The third-order valence-electron chi connectivity index (χ3n) is 3.50. The third-order valence-corrected chi connectivity index (χ3v) is 4.65. The van der Waals surface area contributed by atoms with Gasteiger partial charge in [-0.3, -0.25) is 9.78 Å². The summed E-state index contributed by atoms with van der Waals surface area (Å²) in [6.45, 7) is 4.26. The summed E-state index contributed by atoms with van der Waals surface area (Å²) in [4.78, 5) is 18.3. The van der Waals surface area contributed by atoms with E-state index in [1.54, 1.807) is 18.0 Å². The first-order chi connectivity index (χ1) is 10.3. The van der Waals surface area contributed by atoms with Gasteiger partial charge in [0.05, 0.1) is 24.2 Å². The summed E-state index contributed by atoms with van der Waals surface area (Å²) < 4.78 is 5.91. The number of carbonyl (C=O) groups excluding carboxylic acids is 1. The van der Waals surface area contributed by atoms with Crippen LogP contribution in [0.25, 0.3) is 0 Å². The molecule has 116 valence electrons. The highest BCUT2D eigenvalue weighted by atomic mass is 32.2. The van der Waals surface area contributed by atoms with Crippen LogP contribution in [0.3, 0.4) is 0 Å². The van der Waals surface area contributed by atoms with Crippen molar-refractivity contribution in [1.29, 1.82) is 0 Å². The number of aromatic nitrogens is 1. The minimum Gasteiger partial charge on any atom is -0.370 e. The number of piperidine rings is 1. The van der Waals surface area contributed by atoms with E-state index in [4.69, 9.17) is 4.74 Å². The van der Waals surface area contributed by atoms with Crippen molar-refractivity contribution in [3.63, 3.8) is 0 Å². The fraction of sp³-hybridized carbons (Fsp3) is 0.625. The molecule has 0 bridgehead atoms. The summed E-state index contributed by atoms with van der Waals surface area (Å²) in [5, 5.41) is 0. The third kappa shape index (κ3) is 5.67. The van der Waals surface area contributed by atoms with Crippen molar-refractivity contribution >= 4 is 17.7 Å². The lowest BCUT2D eigenvalue weighted by Gasteiger charge is -2.32. The van der Waals surface area contributed by atoms with Gasteiger partial charge in [0.25, 0.3) is 0 Å². The monoisotopic (exact) mass is 308 g/mol. The van der Waals surface area contributed by atoms with E-state index in [0.29, 0.717) is 12.4 Å². The first-order valence-electron chi connectivity index (χ1n) is 7.66. The van der Waals surface area contributed by atoms with E-state index >= 15 is 0 Å². The van der Waals surface area contributed by atoms with E-state index in [2.05, 4.69) is 11.9 Å². The van der Waals surface area contributed by atoms with Gasteiger partial charge in [0, 0.05) is 19.3 Å². The first kappa shape index (κ1) is 16.3. The minimum absolute atomic E-state index is 0.140. The number of rotatable bonds is 7. The maximum atomic E-state index is 12.1. The molecule has 1 aliphatic rings. The Bertz CT molecular complexity index is 428. The van der Waals surface area contributed by atoms with Gasteiger partial charge in [-0.2, -0.15) is 11.8 Å². The number of amides is 1. The molecule has 5 heteroatoms. The second-order valence-electron chi connectivity index (χ2n) is 5.29. The SMILES string of the molecule is CCCSCC(=O)N1CCCC(OCc2ccccn2)C1. The molecule has 1 atom stereocenters. The molecular formula is C16H24N2O2S. The Morgan fingerprint density at radius 1 is 1.52 bits per heavy atom. The highest BCUT2D eigenvalue weighted by Gasteiger charge is 2.23. The Hall–Kier alpha value is -1.07. The van der Waals surface area contributed by atoms with Gasteiger partial charge in [0.1, 0.15) is 0 Å². The van der Waals surface area contributed by atoms with Crippen molar-refractivity contribution in [3.05, 3.63) is 30.1 Å². The van der Waals surface area contributed by atoms with E-state index in [9.17, 15) is 4.79 Å². The van der Waals surface area contributed by atoms with Crippen molar-refractivity contribution in [1.82, 2.24) is 9.88 Å². The quantitative estimate of drug-likeness (QED) is 0.726. The molecule has 4 nitrogen and oxygen atoms in total. The van der Waals surface area contributed by atoms with Crippen LogP contribution in [0.4, 0.5) is 0 Å². The summed E-state index contributed by atoms with van der Waals surface area (Å²) >= 11 is 1.72. The minimum atomic E-state index is 0.140. The van der Waals surface area contributed by atoms with Gasteiger partial charge in [-0.25, -0.2) is 0 Å². The molecule has 0 saturated carbocycles. The maximum absolute atomic E-state index is 12.1. The molecule has 1 aromatic rings. The van der Waals surface area contributed by atoms with Crippen molar-refractivity contribution in [3.8, 4) is 0 Å². The molecule has 0 N–H and O–H groups in total. The summed E-state index contributed by atoms with van der Waals surface area (Å²) in [5.74, 6) is 1.90. The number of nitrogens with zero attached hydrogens (tertiary/aromatic N) is 2. The normalized spacial score (nSPS) is 18.7. The molecule has 0 radical (unpaired) electrons. The summed E-state index contributed by atoms with van der Waals surface area (Å²) in [6.07, 6.45) is 5.09. The second-order valence-corrected chi connectivity index (χ2v) is 6.39. The summed E-state index contributed by atoms with van der Waals surface area (Å²) in [5.41, 5.74) is 0.944. The zero-order valence-corrected chi connectivity index (χ0v) is 13.5. The molecule has 1 fully saturated rings. The second kappa shape index (κ2) is 9.05. The predicted octanol–water partition coefficient (Wildman–Crippen LogP) is 2.73. The molecule has 1 aliphatic heterocycles. The Kier molecular flexibility index (Phi) is 7.03. The average molecular weight is 308 g/mol. The average Bonchev–Trinajstić information content (AvgIpc) is 2.54. The lowest BCUT2D eigenvalue weighted by molar-refractivity contribution is -0.132. The van der Waals surface area contributed by atoms with Crippen LogP contribution in [-0.2, 0) is 16.1 Å². The molecule has 0 aliphatic carbocycles. The number of hydrogen-bond donors (Lipinski definition) is 0. The molecule has 1 saturated heterocycles. The molecule has 1 unspecified atom stereocenters. The molecule has 2 heterocycles. The zero-order chi connectivity index (χ0) is 14.9. The van der Waals surface area contributed by atoms with Crippen LogP contribution in [0.5, 0.6) is 0 Å². The molecule has 0 aromatic carbocycles. The Balaban J connectivity index is 1.74. The van der Waals surface area contributed by atoms with E-state index in [1.807, 2.05) is 23.1 Å². The fourth-order valence-electron chi connectivity index (χ4n) is 2.38. The highest BCUT2D eigenvalue weighted by molar-refractivity contribution is 7.99. The van der Waals surface area contributed by atoms with Gasteiger partial charge in [-0.1, -0.05) is 13.0 Å². The summed E-state index contributed by atoms with van der Waals surface area (Å²) in [7, 11) is 0. The molecule has 1 aromatic heterocycles. The van der Waals surface area contributed by atoms with E-state index in [-0.39, 0.29) is 12.0 Å². The number of likely N-dealkylation sites (tertiary alicyclic amines) is 1. The number of carbonyl (C=O) groups is 1. The standard InChI is InChI=1S/C16H24N2O2S/c1-2-10-21-13-16(19)18-9-5-7-15(11-18)20-12-14-6-3-4-8-17-14/h3-4,6,8,15H,2,5,7,9-13H2,1H3. The van der Waals surface area contributed by atoms with E-state index in [1.165, 1.54) is 0 Å². The van der Waals surface area contributed by atoms with Gasteiger partial charge in [-0.15, -0.1) is 0 Å². The van der Waals surface area contributed by atoms with Crippen LogP contribution in [0.1, 0.15) is 31.9 Å². The molecule has 1 amide bonds. The number of hydrogen-bond acceptors (Lipinski definition) is 4. The van der Waals surface area contributed by atoms with E-state index < -0.39 is 0 Å². The van der Waals surface area contributed by atoms with Crippen molar-refractivity contribution in [2.75, 3.05) is 24.6 Å². The zero-order valence-electron chi connectivity index (χ0n) is 12.7. The van der Waals surface area contributed by atoms with Crippen LogP contribution in [0.15, 0.2) is 24.4 Å². The van der Waals surface area contributed by atoms with Crippen LogP contribution in [-0.4, -0.2) is 46.5 Å². The number of ether oxygens (including phenoxy) is 1. The Morgan fingerprint density at radius 2 is 2.43 bits per heavy atom. The lowest BCUT2D eigenvalue weighted by Crippen LogP contribution is -2.44. The molecular weight excluding hydrogens is 284 g/mol.